The number of rotatable bonds is 0. The van der Waals surface area contributed by atoms with Gasteiger partial charge in [-0.1, -0.05) is 25.5 Å². The summed E-state index contributed by atoms with van der Waals surface area (Å²) in [6.07, 6.45) is 2.95. The molecule has 0 aliphatic heterocycles. The summed E-state index contributed by atoms with van der Waals surface area (Å²) in [6.45, 7) is 6.45. The Bertz CT molecular complexity index is 401. The lowest BCUT2D eigenvalue weighted by Crippen LogP contribution is -2.65. The van der Waals surface area contributed by atoms with E-state index in [9.17, 15) is 15.3 Å². The average molecular weight is 252 g/mol. The minimum Gasteiger partial charge on any atom is -0.393 e. The van der Waals surface area contributed by atoms with Crippen LogP contribution in [0.1, 0.15) is 40.0 Å². The Labute approximate surface area is 109 Å². The number of allylic oxidation sites excluding steroid dienone is 2. The summed E-state index contributed by atoms with van der Waals surface area (Å²) in [5.74, 6) is 0.0650. The molecular weight excluding hydrogens is 228 g/mol. The Morgan fingerprint density at radius 2 is 1.94 bits per heavy atom. The molecule has 2 saturated carbocycles. The number of hydrogen-bond donors (Lipinski definition) is 3. The van der Waals surface area contributed by atoms with E-state index >= 15 is 0 Å². The third kappa shape index (κ3) is 1.30. The maximum absolute atomic E-state index is 10.9. The van der Waals surface area contributed by atoms with Crippen LogP contribution in [0.25, 0.3) is 0 Å². The fourth-order valence-electron chi connectivity index (χ4n) is 5.11. The highest BCUT2D eigenvalue weighted by molar-refractivity contribution is 5.26. The fraction of sp³-hybridized carbons (Fsp3) is 0.867. The van der Waals surface area contributed by atoms with Gasteiger partial charge in [-0.25, -0.2) is 0 Å². The normalized spacial score (nSPS) is 53.9. The molecule has 0 aromatic rings. The summed E-state index contributed by atoms with van der Waals surface area (Å²) in [6, 6.07) is 0. The molecule has 3 heteroatoms. The van der Waals surface area contributed by atoms with Gasteiger partial charge in [-0.2, -0.15) is 0 Å². The lowest BCUT2D eigenvalue weighted by atomic mass is 9.48. The van der Waals surface area contributed by atoms with Crippen LogP contribution < -0.4 is 0 Å². The van der Waals surface area contributed by atoms with Crippen LogP contribution in [-0.2, 0) is 0 Å². The standard InChI is InChI=1S/C15H24O3/c1-8-4-5-9-13(17)15(18)7-6-10(16)12(15)11(8)14(9,2)3/h4,9-13,16-18H,5-7H2,1-3H3/t9?,10-,11?,12?,13-,15+/m1/s1. The lowest BCUT2D eigenvalue weighted by molar-refractivity contribution is -0.214. The van der Waals surface area contributed by atoms with Crippen molar-refractivity contribution in [2.45, 2.75) is 57.8 Å². The highest BCUT2D eigenvalue weighted by Crippen LogP contribution is 2.62. The van der Waals surface area contributed by atoms with Crippen molar-refractivity contribution < 1.29 is 15.3 Å². The molecule has 3 rings (SSSR count). The molecule has 0 heterocycles. The molecule has 0 aromatic heterocycles. The van der Waals surface area contributed by atoms with Gasteiger partial charge >= 0.3 is 0 Å². The number of aliphatic hydroxyl groups excluding tert-OH is 2. The lowest BCUT2D eigenvalue weighted by Gasteiger charge is -2.59. The Morgan fingerprint density at radius 3 is 2.61 bits per heavy atom. The molecule has 2 fully saturated rings. The molecule has 0 aromatic carbocycles. The van der Waals surface area contributed by atoms with E-state index in [1.807, 2.05) is 0 Å². The second-order valence-electron chi connectivity index (χ2n) is 7.16. The Balaban J connectivity index is 2.15. The molecule has 2 bridgehead atoms. The monoisotopic (exact) mass is 252 g/mol. The van der Waals surface area contributed by atoms with Crippen LogP contribution in [0.15, 0.2) is 11.6 Å². The zero-order valence-electron chi connectivity index (χ0n) is 11.4. The van der Waals surface area contributed by atoms with Gasteiger partial charge in [-0.05, 0) is 43.4 Å². The van der Waals surface area contributed by atoms with E-state index in [4.69, 9.17) is 0 Å². The van der Waals surface area contributed by atoms with Gasteiger partial charge in [0.05, 0.1) is 17.8 Å². The van der Waals surface area contributed by atoms with Crippen LogP contribution >= 0.6 is 0 Å². The molecule has 3 N–H and O–H groups in total. The van der Waals surface area contributed by atoms with Gasteiger partial charge in [-0.3, -0.25) is 0 Å². The Hall–Kier alpha value is -0.380. The first-order chi connectivity index (χ1) is 8.30. The van der Waals surface area contributed by atoms with E-state index in [-0.39, 0.29) is 23.2 Å². The topological polar surface area (TPSA) is 60.7 Å². The smallest absolute Gasteiger partial charge is 0.0967 e. The van der Waals surface area contributed by atoms with Crippen molar-refractivity contribution in [1.29, 1.82) is 0 Å². The van der Waals surface area contributed by atoms with Crippen LogP contribution in [0.3, 0.4) is 0 Å². The minimum atomic E-state index is -1.08. The van der Waals surface area contributed by atoms with E-state index in [1.165, 1.54) is 5.57 Å². The summed E-state index contributed by atoms with van der Waals surface area (Å²) in [5.41, 5.74) is 0.132. The first kappa shape index (κ1) is 12.6. The van der Waals surface area contributed by atoms with Crippen molar-refractivity contribution >= 4 is 0 Å². The van der Waals surface area contributed by atoms with Crippen LogP contribution in [0.5, 0.6) is 0 Å². The molecule has 18 heavy (non-hydrogen) atoms. The van der Waals surface area contributed by atoms with Crippen LogP contribution in [0.4, 0.5) is 0 Å². The highest BCUT2D eigenvalue weighted by atomic mass is 16.3. The van der Waals surface area contributed by atoms with Crippen LogP contribution in [0, 0.1) is 23.2 Å². The molecule has 3 aliphatic carbocycles. The van der Waals surface area contributed by atoms with Crippen molar-refractivity contribution in [2.24, 2.45) is 23.2 Å². The summed E-state index contributed by atoms with van der Waals surface area (Å²) in [7, 11) is 0. The van der Waals surface area contributed by atoms with Gasteiger partial charge in [0, 0.05) is 5.92 Å². The SMILES string of the molecule is CC1=CCC2[C@@H](O)[C@]3(O)CC[C@@H](O)C3C1C2(C)C. The van der Waals surface area contributed by atoms with Crippen molar-refractivity contribution in [3.8, 4) is 0 Å². The van der Waals surface area contributed by atoms with Gasteiger partial charge < -0.3 is 15.3 Å². The minimum absolute atomic E-state index is 0.0551. The van der Waals surface area contributed by atoms with Crippen LogP contribution in [0.2, 0.25) is 0 Å². The van der Waals surface area contributed by atoms with E-state index in [0.717, 1.165) is 6.42 Å². The average Bonchev–Trinajstić information content (AvgIpc) is 2.56. The highest BCUT2D eigenvalue weighted by Gasteiger charge is 2.66. The van der Waals surface area contributed by atoms with E-state index in [1.54, 1.807) is 0 Å². The molecule has 3 unspecified atom stereocenters. The maximum Gasteiger partial charge on any atom is 0.0967 e. The number of hydrogen-bond acceptors (Lipinski definition) is 3. The molecule has 0 amide bonds. The number of aliphatic hydroxyl groups is 3. The molecule has 3 aliphatic rings. The first-order valence-electron chi connectivity index (χ1n) is 7.05. The fourth-order valence-corrected chi connectivity index (χ4v) is 5.11. The zero-order valence-corrected chi connectivity index (χ0v) is 11.4. The van der Waals surface area contributed by atoms with Gasteiger partial charge in [0.1, 0.15) is 0 Å². The van der Waals surface area contributed by atoms with E-state index in [2.05, 4.69) is 26.8 Å². The quantitative estimate of drug-likeness (QED) is 0.572. The Morgan fingerprint density at radius 1 is 1.28 bits per heavy atom. The molecule has 0 radical (unpaired) electrons. The zero-order chi connectivity index (χ0) is 13.3. The molecule has 0 spiro atoms. The predicted octanol–water partition coefficient (Wildman–Crippen LogP) is 1.47. The van der Waals surface area contributed by atoms with E-state index < -0.39 is 17.8 Å². The molecule has 0 saturated heterocycles. The first-order valence-corrected chi connectivity index (χ1v) is 7.05. The van der Waals surface area contributed by atoms with Gasteiger partial charge in [0.2, 0.25) is 0 Å². The van der Waals surface area contributed by atoms with Crippen molar-refractivity contribution in [3.05, 3.63) is 11.6 Å². The van der Waals surface area contributed by atoms with Crippen LogP contribution in [-0.4, -0.2) is 33.1 Å². The van der Waals surface area contributed by atoms with Gasteiger partial charge in [0.25, 0.3) is 0 Å². The van der Waals surface area contributed by atoms with Crippen molar-refractivity contribution in [2.75, 3.05) is 0 Å². The summed E-state index contributed by atoms with van der Waals surface area (Å²) >= 11 is 0. The molecule has 3 nitrogen and oxygen atoms in total. The molecular formula is C15H24O3. The summed E-state index contributed by atoms with van der Waals surface area (Å²) in [5, 5.41) is 31.7. The third-order valence-electron chi connectivity index (χ3n) is 6.03. The third-order valence-corrected chi connectivity index (χ3v) is 6.03. The maximum atomic E-state index is 10.9. The van der Waals surface area contributed by atoms with Gasteiger partial charge in [0.15, 0.2) is 0 Å². The van der Waals surface area contributed by atoms with Crippen molar-refractivity contribution in [3.63, 3.8) is 0 Å². The summed E-state index contributed by atoms with van der Waals surface area (Å²) in [4.78, 5) is 0. The molecule has 102 valence electrons. The van der Waals surface area contributed by atoms with Gasteiger partial charge in [-0.15, -0.1) is 0 Å². The second-order valence-corrected chi connectivity index (χ2v) is 7.16. The van der Waals surface area contributed by atoms with E-state index in [0.29, 0.717) is 12.8 Å². The number of fused-ring (bicyclic) bond motifs is 4. The predicted molar refractivity (Wildman–Crippen MR) is 68.8 cm³/mol. The Kier molecular flexibility index (Phi) is 2.52. The summed E-state index contributed by atoms with van der Waals surface area (Å²) < 4.78 is 0. The second kappa shape index (κ2) is 3.59. The van der Waals surface area contributed by atoms with Crippen molar-refractivity contribution in [1.82, 2.24) is 0 Å². The molecule has 6 atom stereocenters. The largest absolute Gasteiger partial charge is 0.393 e.